The van der Waals surface area contributed by atoms with Crippen LogP contribution in [0.5, 0.6) is 0 Å². The molecule has 0 aromatic rings. The van der Waals surface area contributed by atoms with E-state index < -0.39 is 0 Å². The Morgan fingerprint density at radius 1 is 1.11 bits per heavy atom. The molecule has 2 atom stereocenters. The molecule has 0 aliphatic carbocycles. The maximum absolute atomic E-state index is 9.14. The third kappa shape index (κ3) is 2.82. The van der Waals surface area contributed by atoms with Gasteiger partial charge in [0.2, 0.25) is 0 Å². The molecule has 0 aliphatic rings. The predicted octanol–water partition coefficient (Wildman–Crippen LogP) is 0.462. The number of rotatable bonds is 2. The van der Waals surface area contributed by atoms with Gasteiger partial charge in [0.1, 0.15) is 12.1 Å². The molecule has 2 nitrogen and oxygen atoms in total. The average Bonchev–Trinajstić information content (AvgIpc) is 1.62. The zero-order valence-electron chi connectivity index (χ0n) is 7.05. The molecule has 0 aliphatic heterocycles. The highest BCUT2D eigenvalue weighted by atomic mass is 16.3. The van der Waals surface area contributed by atoms with E-state index in [1.165, 1.54) is 0 Å². The van der Waals surface area contributed by atoms with Gasteiger partial charge in [-0.25, -0.2) is 0 Å². The molecular formula is C7H18NO+. The second kappa shape index (κ2) is 2.67. The minimum absolute atomic E-state index is 0.218. The first-order valence-electron chi connectivity index (χ1n) is 3.35. The minimum Gasteiger partial charge on any atom is -0.387 e. The maximum Gasteiger partial charge on any atom is 0.111 e. The quantitative estimate of drug-likeness (QED) is 0.541. The minimum atomic E-state index is -0.218. The molecule has 0 fully saturated rings. The van der Waals surface area contributed by atoms with Gasteiger partial charge in [0.05, 0.1) is 21.1 Å². The largest absolute Gasteiger partial charge is 0.387 e. The molecule has 0 amide bonds. The molecule has 0 rings (SSSR count). The van der Waals surface area contributed by atoms with Crippen molar-refractivity contribution in [3.63, 3.8) is 0 Å². The smallest absolute Gasteiger partial charge is 0.111 e. The van der Waals surface area contributed by atoms with Crippen LogP contribution >= 0.6 is 0 Å². The Morgan fingerprint density at radius 2 is 1.44 bits per heavy atom. The van der Waals surface area contributed by atoms with Crippen LogP contribution in [0.15, 0.2) is 0 Å². The van der Waals surface area contributed by atoms with Gasteiger partial charge in [-0.05, 0) is 13.8 Å². The second-order valence-electron chi connectivity index (χ2n) is 3.60. The van der Waals surface area contributed by atoms with Crippen molar-refractivity contribution < 1.29 is 9.59 Å². The lowest BCUT2D eigenvalue weighted by atomic mass is 10.2. The topological polar surface area (TPSA) is 20.2 Å². The molecule has 56 valence electrons. The predicted molar refractivity (Wildman–Crippen MR) is 39.2 cm³/mol. The van der Waals surface area contributed by atoms with E-state index in [4.69, 9.17) is 5.11 Å². The van der Waals surface area contributed by atoms with Gasteiger partial charge in [0.25, 0.3) is 0 Å². The number of hydrogen-bond donors (Lipinski definition) is 1. The van der Waals surface area contributed by atoms with Crippen LogP contribution in [0.1, 0.15) is 13.8 Å². The van der Waals surface area contributed by atoms with E-state index in [9.17, 15) is 0 Å². The van der Waals surface area contributed by atoms with Crippen LogP contribution < -0.4 is 0 Å². The molecule has 0 heterocycles. The Bertz CT molecular complexity index is 83.4. The summed E-state index contributed by atoms with van der Waals surface area (Å²) in [5.41, 5.74) is 0. The van der Waals surface area contributed by atoms with Crippen molar-refractivity contribution in [2.75, 3.05) is 21.1 Å². The molecule has 0 radical (unpaired) electrons. The molecule has 0 bridgehead atoms. The van der Waals surface area contributed by atoms with Gasteiger partial charge in [-0.3, -0.25) is 0 Å². The van der Waals surface area contributed by atoms with Gasteiger partial charge in [0, 0.05) is 0 Å². The third-order valence-electron chi connectivity index (χ3n) is 1.92. The van der Waals surface area contributed by atoms with Gasteiger partial charge >= 0.3 is 0 Å². The Balaban J connectivity index is 3.88. The Morgan fingerprint density at radius 3 is 1.44 bits per heavy atom. The van der Waals surface area contributed by atoms with Gasteiger partial charge in [0.15, 0.2) is 0 Å². The fraction of sp³-hybridized carbons (Fsp3) is 1.00. The van der Waals surface area contributed by atoms with Crippen LogP contribution in [0, 0.1) is 0 Å². The summed E-state index contributed by atoms with van der Waals surface area (Å²) < 4.78 is 0.817. The first-order valence-corrected chi connectivity index (χ1v) is 3.35. The molecular weight excluding hydrogens is 114 g/mol. The average molecular weight is 132 g/mol. The number of quaternary nitrogens is 1. The number of aliphatic hydroxyl groups excluding tert-OH is 1. The van der Waals surface area contributed by atoms with Crippen molar-refractivity contribution in [1.29, 1.82) is 0 Å². The summed E-state index contributed by atoms with van der Waals surface area (Å²) in [4.78, 5) is 0. The van der Waals surface area contributed by atoms with E-state index in [-0.39, 0.29) is 6.10 Å². The van der Waals surface area contributed by atoms with Crippen LogP contribution in [-0.4, -0.2) is 42.9 Å². The highest BCUT2D eigenvalue weighted by molar-refractivity contribution is 4.55. The first-order chi connectivity index (χ1) is 3.85. The first kappa shape index (κ1) is 8.92. The summed E-state index contributed by atoms with van der Waals surface area (Å²) >= 11 is 0. The zero-order valence-corrected chi connectivity index (χ0v) is 7.05. The van der Waals surface area contributed by atoms with Gasteiger partial charge in [-0.15, -0.1) is 0 Å². The molecule has 0 aromatic carbocycles. The molecule has 2 heteroatoms. The van der Waals surface area contributed by atoms with Crippen molar-refractivity contribution in [3.8, 4) is 0 Å². The monoisotopic (exact) mass is 132 g/mol. The highest BCUT2D eigenvalue weighted by Gasteiger charge is 2.22. The van der Waals surface area contributed by atoms with E-state index in [1.54, 1.807) is 0 Å². The van der Waals surface area contributed by atoms with E-state index in [0.717, 1.165) is 4.48 Å². The van der Waals surface area contributed by atoms with Crippen LogP contribution in [0.4, 0.5) is 0 Å². The van der Waals surface area contributed by atoms with Crippen LogP contribution in [0.25, 0.3) is 0 Å². The summed E-state index contributed by atoms with van der Waals surface area (Å²) in [5, 5.41) is 9.14. The molecule has 0 aromatic heterocycles. The molecule has 0 spiro atoms. The Hall–Kier alpha value is -0.0800. The molecule has 0 saturated carbocycles. The molecule has 9 heavy (non-hydrogen) atoms. The Kier molecular flexibility index (Phi) is 2.65. The van der Waals surface area contributed by atoms with Crippen molar-refractivity contribution in [3.05, 3.63) is 0 Å². The summed E-state index contributed by atoms with van der Waals surface area (Å²) in [5.74, 6) is 0. The number of aliphatic hydroxyl groups is 1. The lowest BCUT2D eigenvalue weighted by molar-refractivity contribution is -0.897. The number of nitrogens with zero attached hydrogens (tertiary/aromatic N) is 1. The SMILES string of the molecule is CC(O)C(C)[N+](C)(C)C. The van der Waals surface area contributed by atoms with E-state index in [2.05, 4.69) is 21.1 Å². The zero-order chi connectivity index (χ0) is 7.65. The van der Waals surface area contributed by atoms with Crippen molar-refractivity contribution in [2.45, 2.75) is 26.0 Å². The van der Waals surface area contributed by atoms with Crippen LogP contribution in [0.3, 0.4) is 0 Å². The molecule has 0 saturated heterocycles. The second-order valence-corrected chi connectivity index (χ2v) is 3.60. The summed E-state index contributed by atoms with van der Waals surface area (Å²) in [6, 6.07) is 0.310. The maximum atomic E-state index is 9.14. The lowest BCUT2D eigenvalue weighted by Crippen LogP contribution is -2.48. The van der Waals surface area contributed by atoms with Gasteiger partial charge in [-0.1, -0.05) is 0 Å². The van der Waals surface area contributed by atoms with E-state index >= 15 is 0 Å². The normalized spacial score (nSPS) is 19.3. The van der Waals surface area contributed by atoms with Crippen molar-refractivity contribution in [1.82, 2.24) is 0 Å². The number of hydrogen-bond acceptors (Lipinski definition) is 1. The highest BCUT2D eigenvalue weighted by Crippen LogP contribution is 2.05. The lowest BCUT2D eigenvalue weighted by Gasteiger charge is -2.33. The third-order valence-corrected chi connectivity index (χ3v) is 1.92. The molecule has 2 unspecified atom stereocenters. The van der Waals surface area contributed by atoms with E-state index in [0.29, 0.717) is 6.04 Å². The summed E-state index contributed by atoms with van der Waals surface area (Å²) in [6.07, 6.45) is -0.218. The van der Waals surface area contributed by atoms with Crippen molar-refractivity contribution >= 4 is 0 Å². The summed E-state index contributed by atoms with van der Waals surface area (Å²) in [6.45, 7) is 3.87. The fourth-order valence-electron chi connectivity index (χ4n) is 0.647. The fourth-order valence-corrected chi connectivity index (χ4v) is 0.647. The standard InChI is InChI=1S/C7H18NO/c1-6(7(2)9)8(3,4)5/h6-7,9H,1-5H3/q+1. The van der Waals surface area contributed by atoms with Gasteiger partial charge < -0.3 is 9.59 Å². The van der Waals surface area contributed by atoms with Crippen LogP contribution in [-0.2, 0) is 0 Å². The van der Waals surface area contributed by atoms with Crippen LogP contribution in [0.2, 0.25) is 0 Å². The molecule has 1 N–H and O–H groups in total. The summed E-state index contributed by atoms with van der Waals surface area (Å²) in [7, 11) is 6.24. The van der Waals surface area contributed by atoms with Crippen molar-refractivity contribution in [2.24, 2.45) is 0 Å². The Labute approximate surface area is 57.7 Å². The van der Waals surface area contributed by atoms with Gasteiger partial charge in [-0.2, -0.15) is 0 Å². The number of likely N-dealkylation sites (N-methyl/N-ethyl adjacent to an activating group) is 1. The van der Waals surface area contributed by atoms with E-state index in [1.807, 2.05) is 13.8 Å².